The summed E-state index contributed by atoms with van der Waals surface area (Å²) in [6.45, 7) is 1.93. The van der Waals surface area contributed by atoms with Gasteiger partial charge in [-0.25, -0.2) is 8.42 Å². The zero-order valence-electron chi connectivity index (χ0n) is 14.9. The van der Waals surface area contributed by atoms with E-state index in [-0.39, 0.29) is 34.2 Å². The van der Waals surface area contributed by atoms with Crippen LogP contribution >= 0.6 is 11.6 Å². The first kappa shape index (κ1) is 21.0. The Labute approximate surface area is 163 Å². The van der Waals surface area contributed by atoms with Crippen molar-refractivity contribution in [2.75, 3.05) is 25.0 Å². The third-order valence-electron chi connectivity index (χ3n) is 3.42. The number of para-hydroxylation sites is 1. The Balaban J connectivity index is 2.01. The summed E-state index contributed by atoms with van der Waals surface area (Å²) in [4.78, 5) is 11.8. The summed E-state index contributed by atoms with van der Waals surface area (Å²) >= 11 is 6.11. The Hall–Kier alpha value is -2.29. The van der Waals surface area contributed by atoms with Gasteiger partial charge in [0.2, 0.25) is 0 Å². The fraction of sp³-hybridized carbons (Fsp3) is 0.278. The smallest absolute Gasteiger partial charge is 0.261 e. The van der Waals surface area contributed by atoms with Crippen molar-refractivity contribution < 1.29 is 22.7 Å². The lowest BCUT2D eigenvalue weighted by atomic mass is 10.3. The Morgan fingerprint density at radius 2 is 1.89 bits per heavy atom. The van der Waals surface area contributed by atoms with Gasteiger partial charge < -0.3 is 14.8 Å². The summed E-state index contributed by atoms with van der Waals surface area (Å²) in [5.41, 5.74) is 0.441. The number of sulfonamides is 1. The monoisotopic (exact) mass is 412 g/mol. The van der Waals surface area contributed by atoms with Gasteiger partial charge in [0.05, 0.1) is 16.5 Å². The molecule has 0 unspecified atom stereocenters. The van der Waals surface area contributed by atoms with Crippen LogP contribution < -0.4 is 14.8 Å². The van der Waals surface area contributed by atoms with Crippen LogP contribution in [0.15, 0.2) is 53.4 Å². The van der Waals surface area contributed by atoms with Crippen LogP contribution in [0, 0.1) is 0 Å². The van der Waals surface area contributed by atoms with Gasteiger partial charge in [-0.15, -0.1) is 0 Å². The molecule has 0 saturated carbocycles. The van der Waals surface area contributed by atoms with Gasteiger partial charge >= 0.3 is 0 Å². The molecule has 2 N–H and O–H groups in total. The van der Waals surface area contributed by atoms with E-state index in [0.29, 0.717) is 12.3 Å². The average molecular weight is 413 g/mol. The molecule has 0 aliphatic rings. The number of methoxy groups -OCH3 is 1. The molecule has 7 nitrogen and oxygen atoms in total. The molecule has 0 heterocycles. The number of hydrogen-bond acceptors (Lipinski definition) is 5. The summed E-state index contributed by atoms with van der Waals surface area (Å²) in [6.07, 6.45) is 0. The van der Waals surface area contributed by atoms with Crippen molar-refractivity contribution in [1.82, 2.24) is 5.32 Å². The minimum absolute atomic E-state index is 0.0122. The van der Waals surface area contributed by atoms with Crippen LogP contribution in [0.5, 0.6) is 5.75 Å². The van der Waals surface area contributed by atoms with E-state index in [1.54, 1.807) is 44.4 Å². The van der Waals surface area contributed by atoms with Gasteiger partial charge in [-0.1, -0.05) is 29.8 Å². The van der Waals surface area contributed by atoms with Crippen molar-refractivity contribution >= 4 is 33.2 Å². The van der Waals surface area contributed by atoms with Gasteiger partial charge in [0.25, 0.3) is 15.9 Å². The molecule has 9 heteroatoms. The Morgan fingerprint density at radius 1 is 1.19 bits per heavy atom. The molecule has 2 aromatic rings. The van der Waals surface area contributed by atoms with E-state index in [1.165, 1.54) is 18.2 Å². The molecular weight excluding hydrogens is 392 g/mol. The topological polar surface area (TPSA) is 93.7 Å². The van der Waals surface area contributed by atoms with E-state index in [2.05, 4.69) is 10.0 Å². The molecule has 0 aliphatic heterocycles. The number of amides is 1. The fourth-order valence-electron chi connectivity index (χ4n) is 2.24. The summed E-state index contributed by atoms with van der Waals surface area (Å²) in [7, 11) is -2.25. The highest BCUT2D eigenvalue weighted by Gasteiger charge is 2.17. The lowest BCUT2D eigenvalue weighted by molar-refractivity contribution is -0.124. The summed E-state index contributed by atoms with van der Waals surface area (Å²) < 4.78 is 37.6. The second-order valence-electron chi connectivity index (χ2n) is 5.78. The lowest BCUT2D eigenvalue weighted by Crippen LogP contribution is -2.38. The summed E-state index contributed by atoms with van der Waals surface area (Å²) in [6, 6.07) is 12.4. The third kappa shape index (κ3) is 6.42. The molecule has 0 spiro atoms. The SMILES string of the molecule is COC[C@@H](C)NC(=O)COc1ccc(S(=O)(=O)Nc2ccccc2)cc1Cl. The molecule has 0 saturated heterocycles. The largest absolute Gasteiger partial charge is 0.482 e. The van der Waals surface area contributed by atoms with Gasteiger partial charge in [-0.3, -0.25) is 9.52 Å². The molecule has 146 valence electrons. The number of benzene rings is 2. The highest BCUT2D eigenvalue weighted by atomic mass is 35.5. The minimum Gasteiger partial charge on any atom is -0.482 e. The molecule has 0 bridgehead atoms. The number of rotatable bonds is 9. The first-order valence-electron chi connectivity index (χ1n) is 8.10. The standard InChI is InChI=1S/C18H21ClN2O5S/c1-13(11-25-2)20-18(22)12-26-17-9-8-15(10-16(17)19)27(23,24)21-14-6-4-3-5-7-14/h3-10,13,21H,11-12H2,1-2H3,(H,20,22)/t13-/m1/s1. The highest BCUT2D eigenvalue weighted by Crippen LogP contribution is 2.28. The van der Waals surface area contributed by atoms with E-state index in [0.717, 1.165) is 0 Å². The van der Waals surface area contributed by atoms with Crippen LogP contribution in [-0.2, 0) is 19.6 Å². The molecule has 27 heavy (non-hydrogen) atoms. The van der Waals surface area contributed by atoms with Gasteiger partial charge in [0.1, 0.15) is 5.75 Å². The van der Waals surface area contributed by atoms with Crippen LogP contribution in [0.25, 0.3) is 0 Å². The second-order valence-corrected chi connectivity index (χ2v) is 7.87. The van der Waals surface area contributed by atoms with E-state index < -0.39 is 10.0 Å². The maximum absolute atomic E-state index is 12.4. The Morgan fingerprint density at radius 3 is 2.52 bits per heavy atom. The van der Waals surface area contributed by atoms with E-state index >= 15 is 0 Å². The molecule has 1 amide bonds. The predicted molar refractivity (Wildman–Crippen MR) is 104 cm³/mol. The molecular formula is C18H21ClN2O5S. The number of nitrogens with one attached hydrogen (secondary N) is 2. The third-order valence-corrected chi connectivity index (χ3v) is 5.10. The number of ether oxygens (including phenoxy) is 2. The Bertz CT molecular complexity index is 875. The minimum atomic E-state index is -3.79. The molecule has 0 fully saturated rings. The van der Waals surface area contributed by atoms with Crippen molar-refractivity contribution in [3.63, 3.8) is 0 Å². The van der Waals surface area contributed by atoms with Crippen molar-refractivity contribution in [3.8, 4) is 5.75 Å². The van der Waals surface area contributed by atoms with E-state index in [9.17, 15) is 13.2 Å². The number of carbonyl (C=O) groups excluding carboxylic acids is 1. The molecule has 1 atom stereocenters. The van der Waals surface area contributed by atoms with Crippen LogP contribution in [-0.4, -0.2) is 40.7 Å². The fourth-order valence-corrected chi connectivity index (χ4v) is 3.62. The van der Waals surface area contributed by atoms with Crippen LogP contribution in [0.2, 0.25) is 5.02 Å². The van der Waals surface area contributed by atoms with E-state index in [4.69, 9.17) is 21.1 Å². The van der Waals surface area contributed by atoms with Crippen molar-refractivity contribution in [1.29, 1.82) is 0 Å². The van der Waals surface area contributed by atoms with Gasteiger partial charge in [0, 0.05) is 18.8 Å². The second kappa shape index (κ2) is 9.59. The maximum atomic E-state index is 12.4. The van der Waals surface area contributed by atoms with Crippen LogP contribution in [0.1, 0.15) is 6.92 Å². The lowest BCUT2D eigenvalue weighted by Gasteiger charge is -2.14. The summed E-state index contributed by atoms with van der Waals surface area (Å²) in [5.74, 6) is -0.122. The quantitative estimate of drug-likeness (QED) is 0.660. The normalized spacial score (nSPS) is 12.3. The molecule has 2 rings (SSSR count). The zero-order valence-corrected chi connectivity index (χ0v) is 16.5. The van der Waals surface area contributed by atoms with Crippen molar-refractivity contribution in [2.45, 2.75) is 17.9 Å². The van der Waals surface area contributed by atoms with Crippen molar-refractivity contribution in [3.05, 3.63) is 53.6 Å². The van der Waals surface area contributed by atoms with Gasteiger partial charge in [-0.2, -0.15) is 0 Å². The average Bonchev–Trinajstić information content (AvgIpc) is 2.61. The molecule has 0 radical (unpaired) electrons. The van der Waals surface area contributed by atoms with Gasteiger partial charge in [0.15, 0.2) is 6.61 Å². The number of anilines is 1. The van der Waals surface area contributed by atoms with Crippen LogP contribution in [0.3, 0.4) is 0 Å². The maximum Gasteiger partial charge on any atom is 0.261 e. The predicted octanol–water partition coefficient (Wildman–Crippen LogP) is 2.67. The first-order valence-corrected chi connectivity index (χ1v) is 9.96. The number of halogens is 1. The molecule has 2 aromatic carbocycles. The summed E-state index contributed by atoms with van der Waals surface area (Å²) in [5, 5.41) is 2.78. The van der Waals surface area contributed by atoms with Crippen molar-refractivity contribution in [2.24, 2.45) is 0 Å². The van der Waals surface area contributed by atoms with Crippen LogP contribution in [0.4, 0.5) is 5.69 Å². The number of hydrogen-bond donors (Lipinski definition) is 2. The Kier molecular flexibility index (Phi) is 7.46. The zero-order chi connectivity index (χ0) is 19.9. The van der Waals surface area contributed by atoms with E-state index in [1.807, 2.05) is 0 Å². The molecule has 0 aliphatic carbocycles. The highest BCUT2D eigenvalue weighted by molar-refractivity contribution is 7.92. The number of carbonyl (C=O) groups is 1. The van der Waals surface area contributed by atoms with Gasteiger partial charge in [-0.05, 0) is 37.3 Å². The molecule has 0 aromatic heterocycles. The first-order chi connectivity index (χ1) is 12.8.